The number of furan rings is 1. The van der Waals surface area contributed by atoms with Crippen LogP contribution in [0.5, 0.6) is 0 Å². The van der Waals surface area contributed by atoms with Gasteiger partial charge in [0.05, 0.1) is 6.54 Å². The molecule has 3 aromatic heterocycles. The Morgan fingerprint density at radius 3 is 2.83 bits per heavy atom. The number of nitrogens with zero attached hydrogens (tertiary/aromatic N) is 4. The molecule has 1 aliphatic carbocycles. The van der Waals surface area contributed by atoms with Gasteiger partial charge in [0.15, 0.2) is 11.5 Å². The zero-order valence-electron chi connectivity index (χ0n) is 15.5. The van der Waals surface area contributed by atoms with Crippen LogP contribution in [0.2, 0.25) is 0 Å². The number of hydrogen-bond acceptors (Lipinski definition) is 4. The van der Waals surface area contributed by atoms with E-state index in [0.717, 1.165) is 18.9 Å². The standard InChI is InChI=1S/C19H20F3N5O2/c20-19(21,22)17-11-15(13-3-4-13)27(25-17)10-1-7-23-18(28)16-6-5-14(29-16)12-26-9-2-8-24-26/h2,5-6,8-9,11,13H,1,3-4,7,10,12H2,(H,23,28). The number of rotatable bonds is 8. The maximum absolute atomic E-state index is 12.9. The zero-order chi connectivity index (χ0) is 20.4. The summed E-state index contributed by atoms with van der Waals surface area (Å²) in [6, 6.07) is 6.23. The van der Waals surface area contributed by atoms with E-state index in [9.17, 15) is 18.0 Å². The minimum absolute atomic E-state index is 0.157. The van der Waals surface area contributed by atoms with Crippen molar-refractivity contribution in [1.29, 1.82) is 0 Å². The van der Waals surface area contributed by atoms with E-state index in [1.54, 1.807) is 35.3 Å². The van der Waals surface area contributed by atoms with Crippen molar-refractivity contribution in [1.82, 2.24) is 24.9 Å². The van der Waals surface area contributed by atoms with Crippen LogP contribution in [0.1, 0.15) is 52.9 Å². The molecule has 4 rings (SSSR count). The normalized spacial score (nSPS) is 14.3. The lowest BCUT2D eigenvalue weighted by molar-refractivity contribution is -0.141. The molecule has 0 spiro atoms. The van der Waals surface area contributed by atoms with Gasteiger partial charge in [-0.25, -0.2) is 0 Å². The SMILES string of the molecule is O=C(NCCCn1nc(C(F)(F)F)cc1C1CC1)c1ccc(Cn2cccn2)o1. The van der Waals surface area contributed by atoms with Crippen molar-refractivity contribution in [3.63, 3.8) is 0 Å². The van der Waals surface area contributed by atoms with Crippen molar-refractivity contribution in [2.45, 2.75) is 44.4 Å². The Balaban J connectivity index is 1.28. The first-order valence-electron chi connectivity index (χ1n) is 9.39. The molecule has 1 aliphatic rings. The molecule has 29 heavy (non-hydrogen) atoms. The average Bonchev–Trinajstić information content (AvgIpc) is 3.09. The number of hydrogen-bond donors (Lipinski definition) is 1. The molecule has 0 aliphatic heterocycles. The lowest BCUT2D eigenvalue weighted by atomic mass is 10.2. The van der Waals surface area contributed by atoms with E-state index >= 15 is 0 Å². The molecule has 1 fully saturated rings. The van der Waals surface area contributed by atoms with E-state index in [1.165, 1.54) is 4.68 Å². The van der Waals surface area contributed by atoms with Crippen LogP contribution >= 0.6 is 0 Å². The molecular formula is C19H20F3N5O2. The Bertz CT molecular complexity index is 971. The van der Waals surface area contributed by atoms with Gasteiger partial charge in [0, 0.05) is 37.1 Å². The van der Waals surface area contributed by atoms with E-state index < -0.39 is 11.9 Å². The lowest BCUT2D eigenvalue weighted by Crippen LogP contribution is -2.25. The topological polar surface area (TPSA) is 77.9 Å². The van der Waals surface area contributed by atoms with Crippen molar-refractivity contribution in [3.8, 4) is 0 Å². The largest absolute Gasteiger partial charge is 0.454 e. The summed E-state index contributed by atoms with van der Waals surface area (Å²) in [6.07, 6.45) is 1.24. The first-order valence-corrected chi connectivity index (χ1v) is 9.39. The van der Waals surface area contributed by atoms with Gasteiger partial charge in [0.25, 0.3) is 5.91 Å². The van der Waals surface area contributed by atoms with Gasteiger partial charge in [0.1, 0.15) is 5.76 Å². The first kappa shape index (κ1) is 19.3. The molecule has 0 radical (unpaired) electrons. The molecule has 3 heterocycles. The summed E-state index contributed by atoms with van der Waals surface area (Å²) >= 11 is 0. The van der Waals surface area contributed by atoms with Crippen molar-refractivity contribution in [2.24, 2.45) is 0 Å². The van der Waals surface area contributed by atoms with E-state index in [2.05, 4.69) is 15.5 Å². The number of carbonyl (C=O) groups excluding carboxylic acids is 1. The molecule has 0 unspecified atom stereocenters. The Morgan fingerprint density at radius 1 is 1.31 bits per heavy atom. The van der Waals surface area contributed by atoms with Crippen molar-refractivity contribution < 1.29 is 22.4 Å². The predicted octanol–water partition coefficient (Wildman–Crippen LogP) is 3.44. The highest BCUT2D eigenvalue weighted by Crippen LogP contribution is 2.42. The number of halogens is 3. The number of amides is 1. The smallest absolute Gasteiger partial charge is 0.435 e. The molecule has 3 aromatic rings. The van der Waals surface area contributed by atoms with Crippen LogP contribution in [0.25, 0.3) is 0 Å². The lowest BCUT2D eigenvalue weighted by Gasteiger charge is -2.07. The molecule has 1 N–H and O–H groups in total. The molecule has 0 bridgehead atoms. The quantitative estimate of drug-likeness (QED) is 0.581. The fourth-order valence-corrected chi connectivity index (χ4v) is 3.11. The van der Waals surface area contributed by atoms with Crippen LogP contribution in [-0.4, -0.2) is 32.0 Å². The summed E-state index contributed by atoms with van der Waals surface area (Å²) in [5.74, 6) is 0.577. The highest BCUT2D eigenvalue weighted by Gasteiger charge is 2.37. The number of alkyl halides is 3. The summed E-state index contributed by atoms with van der Waals surface area (Å²) in [5.41, 5.74) is -0.235. The van der Waals surface area contributed by atoms with Crippen LogP contribution in [0.15, 0.2) is 41.1 Å². The highest BCUT2D eigenvalue weighted by atomic mass is 19.4. The number of aromatic nitrogens is 4. The van der Waals surface area contributed by atoms with Gasteiger partial charge in [-0.15, -0.1) is 0 Å². The Hall–Kier alpha value is -3.04. The summed E-state index contributed by atoms with van der Waals surface area (Å²) in [6.45, 7) is 1.04. The average molecular weight is 407 g/mol. The molecule has 0 aromatic carbocycles. The second-order valence-electron chi connectivity index (χ2n) is 7.03. The van der Waals surface area contributed by atoms with Crippen molar-refractivity contribution in [3.05, 3.63) is 59.6 Å². The third kappa shape index (κ3) is 4.69. The van der Waals surface area contributed by atoms with Crippen LogP contribution in [0.4, 0.5) is 13.2 Å². The van der Waals surface area contributed by atoms with E-state index in [1.807, 2.05) is 0 Å². The fraction of sp³-hybridized carbons (Fsp3) is 0.421. The molecule has 1 amide bonds. The predicted molar refractivity (Wildman–Crippen MR) is 96.2 cm³/mol. The second kappa shape index (κ2) is 7.76. The van der Waals surface area contributed by atoms with Gasteiger partial charge in [-0.05, 0) is 43.5 Å². The van der Waals surface area contributed by atoms with E-state index in [0.29, 0.717) is 37.5 Å². The molecule has 0 saturated heterocycles. The minimum Gasteiger partial charge on any atom is -0.454 e. The van der Waals surface area contributed by atoms with Crippen LogP contribution in [0.3, 0.4) is 0 Å². The van der Waals surface area contributed by atoms with Gasteiger partial charge in [-0.1, -0.05) is 0 Å². The number of carbonyl (C=O) groups is 1. The van der Waals surface area contributed by atoms with Crippen molar-refractivity contribution in [2.75, 3.05) is 6.54 Å². The maximum Gasteiger partial charge on any atom is 0.435 e. The van der Waals surface area contributed by atoms with Crippen molar-refractivity contribution >= 4 is 5.91 Å². The molecule has 7 nitrogen and oxygen atoms in total. The summed E-state index contributed by atoms with van der Waals surface area (Å²) in [5, 5.41) is 10.5. The highest BCUT2D eigenvalue weighted by molar-refractivity contribution is 5.91. The van der Waals surface area contributed by atoms with Crippen LogP contribution in [-0.2, 0) is 19.3 Å². The van der Waals surface area contributed by atoms with E-state index in [4.69, 9.17) is 4.42 Å². The summed E-state index contributed by atoms with van der Waals surface area (Å²) in [4.78, 5) is 12.2. The fourth-order valence-electron chi connectivity index (χ4n) is 3.11. The van der Waals surface area contributed by atoms with Gasteiger partial charge in [-0.3, -0.25) is 14.2 Å². The number of nitrogens with one attached hydrogen (secondary N) is 1. The molecule has 0 atom stereocenters. The van der Waals surface area contributed by atoms with Gasteiger partial charge >= 0.3 is 6.18 Å². The Kier molecular flexibility index (Phi) is 5.16. The maximum atomic E-state index is 12.9. The summed E-state index contributed by atoms with van der Waals surface area (Å²) < 4.78 is 47.4. The Labute approximate surface area is 164 Å². The molecular weight excluding hydrogens is 387 g/mol. The molecule has 1 saturated carbocycles. The monoisotopic (exact) mass is 407 g/mol. The van der Waals surface area contributed by atoms with Gasteiger partial charge < -0.3 is 9.73 Å². The van der Waals surface area contributed by atoms with Gasteiger partial charge in [0.2, 0.25) is 0 Å². The molecule has 10 heteroatoms. The first-order chi connectivity index (χ1) is 13.9. The number of aryl methyl sites for hydroxylation is 1. The van der Waals surface area contributed by atoms with Crippen LogP contribution in [0, 0.1) is 0 Å². The van der Waals surface area contributed by atoms with Gasteiger partial charge in [-0.2, -0.15) is 23.4 Å². The zero-order valence-corrected chi connectivity index (χ0v) is 15.5. The van der Waals surface area contributed by atoms with E-state index in [-0.39, 0.29) is 17.6 Å². The van der Waals surface area contributed by atoms with Crippen LogP contribution < -0.4 is 5.32 Å². The summed E-state index contributed by atoms with van der Waals surface area (Å²) in [7, 11) is 0. The third-order valence-electron chi connectivity index (χ3n) is 4.69. The molecule has 154 valence electrons. The Morgan fingerprint density at radius 2 is 2.14 bits per heavy atom. The third-order valence-corrected chi connectivity index (χ3v) is 4.69. The second-order valence-corrected chi connectivity index (χ2v) is 7.03. The minimum atomic E-state index is -4.45.